The molecular formula is C25H22Cl2N2O2S. The van der Waals surface area contributed by atoms with E-state index in [0.29, 0.717) is 20.5 Å². The fraction of sp³-hybridized carbons (Fsp3) is 0.200. The second-order valence-electron chi connectivity index (χ2n) is 7.85. The molecule has 32 heavy (non-hydrogen) atoms. The summed E-state index contributed by atoms with van der Waals surface area (Å²) in [6.45, 7) is 8.30. The van der Waals surface area contributed by atoms with E-state index in [1.165, 1.54) is 16.0 Å². The lowest BCUT2D eigenvalue weighted by Crippen LogP contribution is -2.27. The smallest absolute Gasteiger partial charge is 0.293 e. The lowest BCUT2D eigenvalue weighted by Gasteiger charge is -2.15. The van der Waals surface area contributed by atoms with E-state index >= 15 is 0 Å². The number of benzene rings is 2. The molecule has 1 aromatic heterocycles. The molecule has 3 aromatic rings. The van der Waals surface area contributed by atoms with Crippen molar-refractivity contribution in [3.63, 3.8) is 0 Å². The molecule has 0 bridgehead atoms. The van der Waals surface area contributed by atoms with Crippen LogP contribution in [-0.2, 0) is 11.3 Å². The number of hydrogen-bond donors (Lipinski definition) is 0. The van der Waals surface area contributed by atoms with Crippen molar-refractivity contribution >= 4 is 52.2 Å². The Labute approximate surface area is 201 Å². The summed E-state index contributed by atoms with van der Waals surface area (Å²) in [4.78, 5) is 27.2. The molecule has 0 N–H and O–H groups in total. The SMILES string of the molecule is Cc1cccc(-n2c(C)cc(/C=C3\SC(=O)N(Cc4c(Cl)cccc4Cl)C3=O)c2C)c1C. The molecule has 1 aliphatic heterocycles. The quantitative estimate of drug-likeness (QED) is 0.366. The van der Waals surface area contributed by atoms with E-state index in [9.17, 15) is 9.59 Å². The summed E-state index contributed by atoms with van der Waals surface area (Å²) in [5, 5.41) is 0.524. The van der Waals surface area contributed by atoms with Gasteiger partial charge in [-0.15, -0.1) is 0 Å². The average Bonchev–Trinajstić information content (AvgIpc) is 3.16. The maximum Gasteiger partial charge on any atom is 0.293 e. The predicted octanol–water partition coefficient (Wildman–Crippen LogP) is 7.25. The number of amides is 2. The Kier molecular flexibility index (Phi) is 6.26. The van der Waals surface area contributed by atoms with Crippen LogP contribution in [0.5, 0.6) is 0 Å². The molecule has 0 unspecified atom stereocenters. The molecule has 0 saturated carbocycles. The highest BCUT2D eigenvalue weighted by Crippen LogP contribution is 2.36. The zero-order valence-corrected chi connectivity index (χ0v) is 20.5. The molecule has 0 radical (unpaired) electrons. The van der Waals surface area contributed by atoms with E-state index in [4.69, 9.17) is 23.2 Å². The van der Waals surface area contributed by atoms with Gasteiger partial charge in [-0.25, -0.2) is 0 Å². The molecule has 2 amide bonds. The van der Waals surface area contributed by atoms with Gasteiger partial charge in [-0.2, -0.15) is 0 Å². The standard InChI is InChI=1S/C25H22Cl2N2O2S/c1-14-7-5-10-22(16(14)3)29-15(2)11-18(17(29)4)12-23-24(30)28(25(31)32-23)13-19-20(26)8-6-9-21(19)27/h5-12H,13H2,1-4H3/b23-12-. The Hall–Kier alpha value is -2.47. The Morgan fingerprint density at radius 1 is 0.969 bits per heavy atom. The van der Waals surface area contributed by atoms with Crippen LogP contribution in [0.3, 0.4) is 0 Å². The number of imide groups is 1. The second-order valence-corrected chi connectivity index (χ2v) is 9.66. The first-order valence-corrected chi connectivity index (χ1v) is 11.7. The van der Waals surface area contributed by atoms with Crippen molar-refractivity contribution in [2.75, 3.05) is 0 Å². The van der Waals surface area contributed by atoms with E-state index in [-0.39, 0.29) is 17.7 Å². The van der Waals surface area contributed by atoms with Crippen molar-refractivity contribution in [1.29, 1.82) is 0 Å². The van der Waals surface area contributed by atoms with Crippen LogP contribution in [0.1, 0.15) is 33.6 Å². The van der Waals surface area contributed by atoms with Crippen LogP contribution in [0.15, 0.2) is 47.4 Å². The minimum Gasteiger partial charge on any atom is -0.318 e. The van der Waals surface area contributed by atoms with Gasteiger partial charge >= 0.3 is 0 Å². The minimum absolute atomic E-state index is 0.0437. The van der Waals surface area contributed by atoms with Gasteiger partial charge in [0.05, 0.1) is 11.4 Å². The molecule has 4 rings (SSSR count). The Morgan fingerprint density at radius 2 is 1.62 bits per heavy atom. The van der Waals surface area contributed by atoms with Gasteiger partial charge in [-0.05, 0) is 86.5 Å². The summed E-state index contributed by atoms with van der Waals surface area (Å²) in [6, 6.07) is 13.4. The van der Waals surface area contributed by atoms with E-state index in [0.717, 1.165) is 34.4 Å². The molecule has 1 fully saturated rings. The third-order valence-electron chi connectivity index (χ3n) is 5.83. The molecule has 2 aromatic carbocycles. The van der Waals surface area contributed by atoms with E-state index < -0.39 is 0 Å². The minimum atomic E-state index is -0.340. The van der Waals surface area contributed by atoms with Crippen molar-refractivity contribution in [1.82, 2.24) is 9.47 Å². The lowest BCUT2D eigenvalue weighted by atomic mass is 10.1. The molecule has 0 atom stereocenters. The average molecular weight is 485 g/mol. The van der Waals surface area contributed by atoms with Crippen LogP contribution in [0.25, 0.3) is 11.8 Å². The fourth-order valence-electron chi connectivity index (χ4n) is 3.90. The lowest BCUT2D eigenvalue weighted by molar-refractivity contribution is -0.123. The van der Waals surface area contributed by atoms with Gasteiger partial charge in [0.2, 0.25) is 0 Å². The van der Waals surface area contributed by atoms with Crippen molar-refractivity contribution in [2.24, 2.45) is 0 Å². The zero-order valence-electron chi connectivity index (χ0n) is 18.2. The first-order valence-electron chi connectivity index (χ1n) is 10.1. The molecule has 164 valence electrons. The highest BCUT2D eigenvalue weighted by molar-refractivity contribution is 8.18. The van der Waals surface area contributed by atoms with Crippen LogP contribution < -0.4 is 0 Å². The molecule has 1 aliphatic rings. The Bertz CT molecular complexity index is 1270. The number of rotatable bonds is 4. The van der Waals surface area contributed by atoms with Crippen molar-refractivity contribution < 1.29 is 9.59 Å². The maximum absolute atomic E-state index is 13.0. The van der Waals surface area contributed by atoms with Gasteiger partial charge in [0.25, 0.3) is 11.1 Å². The summed E-state index contributed by atoms with van der Waals surface area (Å²) >= 11 is 13.4. The molecule has 0 spiro atoms. The zero-order chi connectivity index (χ0) is 23.2. The summed E-state index contributed by atoms with van der Waals surface area (Å²) in [5.74, 6) is -0.340. The highest BCUT2D eigenvalue weighted by Gasteiger charge is 2.36. The van der Waals surface area contributed by atoms with Crippen molar-refractivity contribution in [3.8, 4) is 5.69 Å². The number of nitrogens with zero attached hydrogens (tertiary/aromatic N) is 2. The summed E-state index contributed by atoms with van der Waals surface area (Å²) < 4.78 is 2.18. The van der Waals surface area contributed by atoms with E-state index in [1.54, 1.807) is 24.3 Å². The van der Waals surface area contributed by atoms with Crippen molar-refractivity contribution in [3.05, 3.63) is 91.1 Å². The molecule has 0 aliphatic carbocycles. The van der Waals surface area contributed by atoms with Gasteiger partial charge in [0, 0.05) is 32.7 Å². The first-order chi connectivity index (χ1) is 15.2. The van der Waals surface area contributed by atoms with Gasteiger partial charge in [0.15, 0.2) is 0 Å². The molecule has 2 heterocycles. The molecule has 1 saturated heterocycles. The van der Waals surface area contributed by atoms with Crippen LogP contribution >= 0.6 is 35.0 Å². The number of halogens is 2. The van der Waals surface area contributed by atoms with E-state index in [1.807, 2.05) is 26.0 Å². The third kappa shape index (κ3) is 4.01. The Balaban J connectivity index is 1.68. The number of carbonyl (C=O) groups excluding carboxylic acids is 2. The van der Waals surface area contributed by atoms with Crippen LogP contribution in [0.4, 0.5) is 4.79 Å². The van der Waals surface area contributed by atoms with Crippen LogP contribution in [0, 0.1) is 27.7 Å². The number of carbonyl (C=O) groups is 2. The summed E-state index contributed by atoms with van der Waals surface area (Å²) in [5.41, 5.74) is 7.08. The monoisotopic (exact) mass is 484 g/mol. The molecule has 4 nitrogen and oxygen atoms in total. The topological polar surface area (TPSA) is 42.3 Å². The number of aryl methyl sites for hydroxylation is 2. The first kappa shape index (κ1) is 22.7. The van der Waals surface area contributed by atoms with Gasteiger partial charge < -0.3 is 4.57 Å². The highest BCUT2D eigenvalue weighted by atomic mass is 35.5. The molecule has 7 heteroatoms. The molecular weight excluding hydrogens is 463 g/mol. The van der Waals surface area contributed by atoms with Crippen LogP contribution in [0.2, 0.25) is 10.0 Å². The Morgan fingerprint density at radius 3 is 2.31 bits per heavy atom. The maximum atomic E-state index is 13.0. The summed E-state index contributed by atoms with van der Waals surface area (Å²) in [7, 11) is 0. The normalized spacial score (nSPS) is 15.3. The van der Waals surface area contributed by atoms with E-state index in [2.05, 4.69) is 30.5 Å². The second kappa shape index (κ2) is 8.81. The largest absolute Gasteiger partial charge is 0.318 e. The van der Waals surface area contributed by atoms with Gasteiger partial charge in [-0.1, -0.05) is 41.4 Å². The van der Waals surface area contributed by atoms with Crippen molar-refractivity contribution in [2.45, 2.75) is 34.2 Å². The number of aromatic nitrogens is 1. The van der Waals surface area contributed by atoms with Crippen LogP contribution in [-0.4, -0.2) is 20.6 Å². The third-order valence-corrected chi connectivity index (χ3v) is 7.44. The summed E-state index contributed by atoms with van der Waals surface area (Å²) in [6.07, 6.45) is 1.79. The number of hydrogen-bond acceptors (Lipinski definition) is 3. The number of thioether (sulfide) groups is 1. The predicted molar refractivity (Wildman–Crippen MR) is 133 cm³/mol. The van der Waals surface area contributed by atoms with Gasteiger partial charge in [-0.3, -0.25) is 14.5 Å². The fourth-order valence-corrected chi connectivity index (χ4v) is 5.25. The van der Waals surface area contributed by atoms with Gasteiger partial charge in [0.1, 0.15) is 0 Å².